The number of nitrogens with one attached hydrogen (secondary N) is 1. The van der Waals surface area contributed by atoms with Gasteiger partial charge in [-0.3, -0.25) is 4.79 Å². The lowest BCUT2D eigenvalue weighted by molar-refractivity contribution is -0.136. The molecule has 0 atom stereocenters. The molecule has 1 saturated heterocycles. The first-order chi connectivity index (χ1) is 10.1. The van der Waals surface area contributed by atoms with Crippen molar-refractivity contribution >= 4 is 11.9 Å². The molecule has 3 rings (SSSR count). The summed E-state index contributed by atoms with van der Waals surface area (Å²) in [6.07, 6.45) is 6.22. The molecule has 8 heteroatoms. The first kappa shape index (κ1) is 14.0. The molecule has 0 radical (unpaired) electrons. The fourth-order valence-corrected chi connectivity index (χ4v) is 2.85. The molecule has 8 nitrogen and oxygen atoms in total. The Morgan fingerprint density at radius 2 is 2.05 bits per heavy atom. The molecule has 0 aromatic carbocycles. The van der Waals surface area contributed by atoms with Gasteiger partial charge in [-0.05, 0) is 12.8 Å². The molecule has 2 N–H and O–H groups in total. The minimum absolute atomic E-state index is 0.0287. The number of carboxylic acids is 1. The van der Waals surface area contributed by atoms with Crippen molar-refractivity contribution in [2.24, 2.45) is 0 Å². The Hall–Kier alpha value is -1.96. The maximum atomic E-state index is 12.0. The van der Waals surface area contributed by atoms with Gasteiger partial charge in [0.15, 0.2) is 5.69 Å². The summed E-state index contributed by atoms with van der Waals surface area (Å²) < 4.78 is 1.53. The smallest absolute Gasteiger partial charge is 0.358 e. The predicted octanol–water partition coefficient (Wildman–Crippen LogP) is -0.108. The number of carbonyl (C=O) groups is 2. The standard InChI is InChI=1S/C13H19N5O3/c19-12(5-14-9-3-1-2-4-9)17-6-10(7-17)18-8-11(13(20)21)15-16-18/h8-10,14H,1-7H2,(H,20,21). The molecule has 1 aromatic heterocycles. The fourth-order valence-electron chi connectivity index (χ4n) is 2.85. The fraction of sp³-hybridized carbons (Fsp3) is 0.692. The maximum absolute atomic E-state index is 12.0. The van der Waals surface area contributed by atoms with Gasteiger partial charge in [-0.25, -0.2) is 9.48 Å². The molecule has 2 aliphatic rings. The quantitative estimate of drug-likeness (QED) is 0.786. The number of nitrogens with zero attached hydrogens (tertiary/aromatic N) is 4. The van der Waals surface area contributed by atoms with Crippen LogP contribution in [-0.2, 0) is 4.79 Å². The highest BCUT2D eigenvalue weighted by molar-refractivity contribution is 5.84. The highest BCUT2D eigenvalue weighted by Crippen LogP contribution is 2.21. The van der Waals surface area contributed by atoms with Gasteiger partial charge in [0.05, 0.1) is 18.8 Å². The highest BCUT2D eigenvalue weighted by atomic mass is 16.4. The lowest BCUT2D eigenvalue weighted by Crippen LogP contribution is -2.53. The Balaban J connectivity index is 1.43. The van der Waals surface area contributed by atoms with Crippen LogP contribution < -0.4 is 5.32 Å². The second-order valence-electron chi connectivity index (χ2n) is 5.70. The van der Waals surface area contributed by atoms with Gasteiger partial charge < -0.3 is 15.3 Å². The van der Waals surface area contributed by atoms with E-state index >= 15 is 0 Å². The van der Waals surface area contributed by atoms with E-state index in [0.717, 1.165) is 12.8 Å². The van der Waals surface area contributed by atoms with E-state index < -0.39 is 5.97 Å². The summed E-state index contributed by atoms with van der Waals surface area (Å²) in [7, 11) is 0. The Morgan fingerprint density at radius 3 is 2.67 bits per heavy atom. The number of rotatable bonds is 5. The van der Waals surface area contributed by atoms with Gasteiger partial charge in [-0.2, -0.15) is 0 Å². The zero-order chi connectivity index (χ0) is 14.8. The van der Waals surface area contributed by atoms with Gasteiger partial charge in [0.2, 0.25) is 5.91 Å². The Kier molecular flexibility index (Phi) is 3.87. The van der Waals surface area contributed by atoms with Gasteiger partial charge in [0, 0.05) is 19.1 Å². The van der Waals surface area contributed by atoms with Gasteiger partial charge in [0.1, 0.15) is 0 Å². The highest BCUT2D eigenvalue weighted by Gasteiger charge is 2.33. The normalized spacial score (nSPS) is 19.7. The van der Waals surface area contributed by atoms with Crippen molar-refractivity contribution in [3.05, 3.63) is 11.9 Å². The van der Waals surface area contributed by atoms with E-state index in [1.54, 1.807) is 4.90 Å². The van der Waals surface area contributed by atoms with Crippen LogP contribution in [0.1, 0.15) is 42.2 Å². The summed E-state index contributed by atoms with van der Waals surface area (Å²) in [6, 6.07) is 0.514. The molecule has 1 aromatic rings. The number of carbonyl (C=O) groups excluding carboxylic acids is 1. The Bertz CT molecular complexity index is 532. The molecule has 114 valence electrons. The van der Waals surface area contributed by atoms with E-state index in [1.165, 1.54) is 23.7 Å². The summed E-state index contributed by atoms with van der Waals surface area (Å²) in [6.45, 7) is 1.51. The van der Waals surface area contributed by atoms with Crippen molar-refractivity contribution in [2.75, 3.05) is 19.6 Å². The number of aromatic nitrogens is 3. The molecule has 1 amide bonds. The molecule has 2 fully saturated rings. The lowest BCUT2D eigenvalue weighted by atomic mass is 10.1. The number of hydrogen-bond donors (Lipinski definition) is 2. The van der Waals surface area contributed by atoms with Crippen molar-refractivity contribution in [1.82, 2.24) is 25.2 Å². The zero-order valence-electron chi connectivity index (χ0n) is 11.7. The van der Waals surface area contributed by atoms with Gasteiger partial charge in [-0.1, -0.05) is 18.1 Å². The molecule has 0 spiro atoms. The van der Waals surface area contributed by atoms with Crippen molar-refractivity contribution in [3.63, 3.8) is 0 Å². The Labute approximate surface area is 122 Å². The molecule has 2 heterocycles. The molecular formula is C13H19N5O3. The maximum Gasteiger partial charge on any atom is 0.358 e. The molecule has 1 saturated carbocycles. The second-order valence-corrected chi connectivity index (χ2v) is 5.70. The molecule has 0 bridgehead atoms. The zero-order valence-corrected chi connectivity index (χ0v) is 11.7. The average Bonchev–Trinajstić information content (AvgIpc) is 3.06. The van der Waals surface area contributed by atoms with Crippen molar-refractivity contribution in [3.8, 4) is 0 Å². The number of hydrogen-bond acceptors (Lipinski definition) is 5. The van der Waals surface area contributed by atoms with Crippen LogP contribution in [0, 0.1) is 0 Å². The van der Waals surface area contributed by atoms with E-state index in [1.807, 2.05) is 0 Å². The number of likely N-dealkylation sites (tertiary alicyclic amines) is 1. The number of amides is 1. The SMILES string of the molecule is O=C(O)c1cn(C2CN(C(=O)CNC3CCCC3)C2)nn1. The first-order valence-corrected chi connectivity index (χ1v) is 7.30. The van der Waals surface area contributed by atoms with Crippen molar-refractivity contribution < 1.29 is 14.7 Å². The molecule has 1 aliphatic heterocycles. The van der Waals surface area contributed by atoms with Crippen molar-refractivity contribution in [2.45, 2.75) is 37.8 Å². The van der Waals surface area contributed by atoms with Gasteiger partial charge in [0.25, 0.3) is 0 Å². The third-order valence-electron chi connectivity index (χ3n) is 4.22. The summed E-state index contributed by atoms with van der Waals surface area (Å²) in [5.41, 5.74) is -0.0670. The van der Waals surface area contributed by atoms with E-state index in [-0.39, 0.29) is 17.6 Å². The third kappa shape index (κ3) is 3.05. The summed E-state index contributed by atoms with van der Waals surface area (Å²) in [5, 5.41) is 19.5. The van der Waals surface area contributed by atoms with Crippen molar-refractivity contribution in [1.29, 1.82) is 0 Å². The summed E-state index contributed by atoms with van der Waals surface area (Å²) in [4.78, 5) is 24.5. The second kappa shape index (κ2) is 5.80. The monoisotopic (exact) mass is 293 g/mol. The number of carboxylic acid groups (broad SMARTS) is 1. The summed E-state index contributed by atoms with van der Waals surface area (Å²) in [5.74, 6) is -0.994. The average molecular weight is 293 g/mol. The van der Waals surface area contributed by atoms with Crippen LogP contribution in [0.15, 0.2) is 6.20 Å². The van der Waals surface area contributed by atoms with Crippen LogP contribution in [-0.4, -0.2) is 62.6 Å². The Morgan fingerprint density at radius 1 is 1.33 bits per heavy atom. The molecule has 0 unspecified atom stereocenters. The minimum atomic E-state index is -1.09. The minimum Gasteiger partial charge on any atom is -0.476 e. The topological polar surface area (TPSA) is 100 Å². The molecule has 1 aliphatic carbocycles. The molecule has 21 heavy (non-hydrogen) atoms. The number of aromatic carboxylic acids is 1. The van der Waals surface area contributed by atoms with E-state index in [2.05, 4.69) is 15.6 Å². The largest absolute Gasteiger partial charge is 0.476 e. The van der Waals surface area contributed by atoms with Crippen LogP contribution in [0.5, 0.6) is 0 Å². The van der Waals surface area contributed by atoms with Crippen LogP contribution in [0.25, 0.3) is 0 Å². The van der Waals surface area contributed by atoms with Crippen LogP contribution in [0.2, 0.25) is 0 Å². The van der Waals surface area contributed by atoms with Crippen LogP contribution in [0.3, 0.4) is 0 Å². The van der Waals surface area contributed by atoms with E-state index in [0.29, 0.717) is 25.7 Å². The van der Waals surface area contributed by atoms with E-state index in [4.69, 9.17) is 5.11 Å². The lowest BCUT2D eigenvalue weighted by Gasteiger charge is -2.39. The predicted molar refractivity (Wildman–Crippen MR) is 72.9 cm³/mol. The summed E-state index contributed by atoms with van der Waals surface area (Å²) >= 11 is 0. The van der Waals surface area contributed by atoms with E-state index in [9.17, 15) is 9.59 Å². The van der Waals surface area contributed by atoms with Crippen LogP contribution >= 0.6 is 0 Å². The third-order valence-corrected chi connectivity index (χ3v) is 4.22. The first-order valence-electron chi connectivity index (χ1n) is 7.30. The van der Waals surface area contributed by atoms with Crippen LogP contribution in [0.4, 0.5) is 0 Å². The van der Waals surface area contributed by atoms with Gasteiger partial charge in [-0.15, -0.1) is 5.10 Å². The van der Waals surface area contributed by atoms with Gasteiger partial charge >= 0.3 is 5.97 Å². The molecular weight excluding hydrogens is 274 g/mol.